The first-order valence-electron chi connectivity index (χ1n) is 5.41. The van der Waals surface area contributed by atoms with Crippen LogP contribution in [-0.4, -0.2) is 49.4 Å². The Morgan fingerprint density at radius 2 is 1.94 bits per heavy atom. The Labute approximate surface area is 105 Å². The van der Waals surface area contributed by atoms with E-state index in [9.17, 15) is 13.2 Å². The highest BCUT2D eigenvalue weighted by molar-refractivity contribution is 7.80. The Morgan fingerprint density at radius 1 is 1.29 bits per heavy atom. The Balaban J connectivity index is 3.88. The molecule has 0 saturated heterocycles. The van der Waals surface area contributed by atoms with Crippen molar-refractivity contribution in [2.45, 2.75) is 25.4 Å². The number of ether oxygens (including phenoxy) is 1. The largest absolute Gasteiger partial charge is 0.393 e. The number of halogens is 3. The van der Waals surface area contributed by atoms with Crippen LogP contribution < -0.4 is 5.73 Å². The fourth-order valence-corrected chi connectivity index (χ4v) is 1.42. The summed E-state index contributed by atoms with van der Waals surface area (Å²) in [5.41, 5.74) is 5.36. The number of thiocarbonyl (C=S) groups is 1. The van der Waals surface area contributed by atoms with Gasteiger partial charge in [-0.25, -0.2) is 0 Å². The highest BCUT2D eigenvalue weighted by Gasteiger charge is 2.26. The van der Waals surface area contributed by atoms with Gasteiger partial charge in [0.25, 0.3) is 0 Å². The number of alkyl halides is 3. The number of nitrogens with two attached hydrogens (primary N) is 1. The van der Waals surface area contributed by atoms with Gasteiger partial charge in [0.05, 0.1) is 11.6 Å². The molecular weight excluding hydrogens is 253 g/mol. The van der Waals surface area contributed by atoms with Crippen molar-refractivity contribution in [3.8, 4) is 0 Å². The fourth-order valence-electron chi connectivity index (χ4n) is 1.33. The van der Waals surface area contributed by atoms with Gasteiger partial charge in [-0.15, -0.1) is 0 Å². The number of nitrogens with zero attached hydrogens (tertiary/aromatic N) is 1. The van der Waals surface area contributed by atoms with Crippen LogP contribution in [0.1, 0.15) is 19.3 Å². The van der Waals surface area contributed by atoms with Gasteiger partial charge in [-0.05, 0) is 13.0 Å². The van der Waals surface area contributed by atoms with E-state index in [2.05, 4.69) is 0 Å². The summed E-state index contributed by atoms with van der Waals surface area (Å²) >= 11 is 4.74. The SMILES string of the molecule is COCCN(CCCC(F)(F)F)CCC(N)=S. The molecule has 0 amide bonds. The van der Waals surface area contributed by atoms with E-state index in [-0.39, 0.29) is 6.42 Å². The maximum atomic E-state index is 12.0. The average molecular weight is 272 g/mol. The Morgan fingerprint density at radius 3 is 2.41 bits per heavy atom. The van der Waals surface area contributed by atoms with Gasteiger partial charge in [-0.1, -0.05) is 12.2 Å². The zero-order valence-electron chi connectivity index (χ0n) is 9.92. The molecule has 17 heavy (non-hydrogen) atoms. The molecule has 0 aliphatic heterocycles. The molecule has 0 aromatic carbocycles. The smallest absolute Gasteiger partial charge is 0.389 e. The lowest BCUT2D eigenvalue weighted by molar-refractivity contribution is -0.136. The normalized spacial score (nSPS) is 12.1. The van der Waals surface area contributed by atoms with E-state index >= 15 is 0 Å². The number of rotatable bonds is 9. The van der Waals surface area contributed by atoms with Crippen LogP contribution >= 0.6 is 12.2 Å². The van der Waals surface area contributed by atoms with Crippen molar-refractivity contribution < 1.29 is 17.9 Å². The van der Waals surface area contributed by atoms with Gasteiger partial charge < -0.3 is 15.4 Å². The van der Waals surface area contributed by atoms with E-state index in [1.165, 1.54) is 0 Å². The van der Waals surface area contributed by atoms with Crippen LogP contribution in [0.15, 0.2) is 0 Å². The molecular formula is C10H19F3N2OS. The maximum absolute atomic E-state index is 12.0. The summed E-state index contributed by atoms with van der Waals surface area (Å²) in [5, 5.41) is 0. The summed E-state index contributed by atoms with van der Waals surface area (Å²) in [6.07, 6.45) is -4.24. The molecule has 0 rings (SSSR count). The summed E-state index contributed by atoms with van der Waals surface area (Å²) in [5.74, 6) is 0. The molecule has 2 N–H and O–H groups in total. The molecule has 0 radical (unpaired) electrons. The van der Waals surface area contributed by atoms with E-state index in [1.807, 2.05) is 4.90 Å². The van der Waals surface area contributed by atoms with Crippen molar-refractivity contribution >= 4 is 17.2 Å². The van der Waals surface area contributed by atoms with Crippen LogP contribution in [-0.2, 0) is 4.74 Å². The third-order valence-corrected chi connectivity index (χ3v) is 2.42. The van der Waals surface area contributed by atoms with Gasteiger partial charge in [0.2, 0.25) is 0 Å². The van der Waals surface area contributed by atoms with E-state index < -0.39 is 12.6 Å². The minimum absolute atomic E-state index is 0.0878. The van der Waals surface area contributed by atoms with E-state index in [1.54, 1.807) is 7.11 Å². The summed E-state index contributed by atoms with van der Waals surface area (Å²) in [6.45, 7) is 2.04. The monoisotopic (exact) mass is 272 g/mol. The van der Waals surface area contributed by atoms with Crippen molar-refractivity contribution in [2.75, 3.05) is 33.4 Å². The van der Waals surface area contributed by atoms with Crippen LogP contribution in [0.2, 0.25) is 0 Å². The lowest BCUT2D eigenvalue weighted by Crippen LogP contribution is -2.32. The number of methoxy groups -OCH3 is 1. The predicted molar refractivity (Wildman–Crippen MR) is 65.0 cm³/mol. The molecule has 0 unspecified atom stereocenters. The third-order valence-electron chi connectivity index (χ3n) is 2.22. The summed E-state index contributed by atoms with van der Waals surface area (Å²) in [6, 6.07) is 0. The molecule has 0 fully saturated rings. The molecule has 0 aromatic heterocycles. The second-order valence-electron chi connectivity index (χ2n) is 3.77. The van der Waals surface area contributed by atoms with Gasteiger partial charge in [0.1, 0.15) is 0 Å². The summed E-state index contributed by atoms with van der Waals surface area (Å²) in [7, 11) is 1.56. The van der Waals surface area contributed by atoms with E-state index in [0.717, 1.165) is 0 Å². The van der Waals surface area contributed by atoms with Crippen LogP contribution in [0.25, 0.3) is 0 Å². The lowest BCUT2D eigenvalue weighted by Gasteiger charge is -2.21. The molecule has 0 atom stereocenters. The van der Waals surface area contributed by atoms with Crippen molar-refractivity contribution in [2.24, 2.45) is 5.73 Å². The van der Waals surface area contributed by atoms with Gasteiger partial charge in [0.15, 0.2) is 0 Å². The molecule has 3 nitrogen and oxygen atoms in total. The van der Waals surface area contributed by atoms with Crippen molar-refractivity contribution in [1.82, 2.24) is 4.90 Å². The Kier molecular flexibility index (Phi) is 8.45. The van der Waals surface area contributed by atoms with Crippen LogP contribution in [0, 0.1) is 0 Å². The molecule has 0 spiro atoms. The van der Waals surface area contributed by atoms with E-state index in [0.29, 0.717) is 37.7 Å². The van der Waals surface area contributed by atoms with Crippen molar-refractivity contribution in [3.63, 3.8) is 0 Å². The van der Waals surface area contributed by atoms with Gasteiger partial charge in [-0.3, -0.25) is 0 Å². The maximum Gasteiger partial charge on any atom is 0.389 e. The second kappa shape index (κ2) is 8.66. The number of hydrogen-bond donors (Lipinski definition) is 1. The first kappa shape index (κ1) is 16.6. The van der Waals surface area contributed by atoms with Crippen molar-refractivity contribution in [1.29, 1.82) is 0 Å². The predicted octanol–water partition coefficient (Wildman–Crippen LogP) is 1.95. The van der Waals surface area contributed by atoms with Gasteiger partial charge >= 0.3 is 6.18 Å². The molecule has 0 bridgehead atoms. The second-order valence-corrected chi connectivity index (χ2v) is 4.29. The molecule has 0 aromatic rings. The summed E-state index contributed by atoms with van der Waals surface area (Å²) in [4.78, 5) is 2.26. The van der Waals surface area contributed by atoms with Crippen LogP contribution in [0.5, 0.6) is 0 Å². The zero-order chi connectivity index (χ0) is 13.3. The molecule has 0 aliphatic rings. The number of hydrogen-bond acceptors (Lipinski definition) is 3. The minimum atomic E-state index is -4.09. The molecule has 0 aliphatic carbocycles. The van der Waals surface area contributed by atoms with Gasteiger partial charge in [-0.2, -0.15) is 13.2 Å². The highest BCUT2D eigenvalue weighted by atomic mass is 32.1. The quantitative estimate of drug-likeness (QED) is 0.651. The fraction of sp³-hybridized carbons (Fsp3) is 0.900. The first-order chi connectivity index (χ1) is 7.85. The molecule has 0 heterocycles. The minimum Gasteiger partial charge on any atom is -0.393 e. The van der Waals surface area contributed by atoms with Crippen LogP contribution in [0.4, 0.5) is 13.2 Å². The van der Waals surface area contributed by atoms with Crippen molar-refractivity contribution in [3.05, 3.63) is 0 Å². The summed E-state index contributed by atoms with van der Waals surface area (Å²) < 4.78 is 40.9. The topological polar surface area (TPSA) is 38.5 Å². The van der Waals surface area contributed by atoms with E-state index in [4.69, 9.17) is 22.7 Å². The first-order valence-corrected chi connectivity index (χ1v) is 5.82. The zero-order valence-corrected chi connectivity index (χ0v) is 10.7. The Bertz CT molecular complexity index is 224. The molecule has 0 saturated carbocycles. The molecule has 102 valence electrons. The molecule has 7 heteroatoms. The average Bonchev–Trinajstić information content (AvgIpc) is 2.19. The van der Waals surface area contributed by atoms with Crippen LogP contribution in [0.3, 0.4) is 0 Å². The Hall–Kier alpha value is -0.400. The third kappa shape index (κ3) is 11.9. The van der Waals surface area contributed by atoms with Gasteiger partial charge in [0, 0.05) is 33.0 Å². The lowest BCUT2D eigenvalue weighted by atomic mass is 10.2. The highest BCUT2D eigenvalue weighted by Crippen LogP contribution is 2.21. The standard InChI is InChI=1S/C10H19F3N2OS/c1-16-8-7-15(6-3-9(14)17)5-2-4-10(11,12)13/h2-8H2,1H3,(H2,14,17).